The zero-order chi connectivity index (χ0) is 12.8. The maximum atomic E-state index is 5.14. The molecule has 17 heavy (non-hydrogen) atoms. The van der Waals surface area contributed by atoms with Crippen molar-refractivity contribution in [3.8, 4) is 0 Å². The zero-order valence-electron chi connectivity index (χ0n) is 9.41. The van der Waals surface area contributed by atoms with Crippen molar-refractivity contribution in [3.63, 3.8) is 0 Å². The Bertz CT molecular complexity index is 470. The van der Waals surface area contributed by atoms with Crippen LogP contribution in [0.2, 0.25) is 0 Å². The van der Waals surface area contributed by atoms with Gasteiger partial charge in [-0.3, -0.25) is 0 Å². The molecule has 1 aromatic heterocycles. The molecule has 0 aliphatic rings. The van der Waals surface area contributed by atoms with Gasteiger partial charge in [0.25, 0.3) is 0 Å². The van der Waals surface area contributed by atoms with Crippen molar-refractivity contribution in [1.82, 2.24) is 0 Å². The second-order valence-electron chi connectivity index (χ2n) is 3.39. The number of aryl methyl sites for hydroxylation is 1. The Labute approximate surface area is 144 Å². The molecule has 0 saturated heterocycles. The standard InChI is InChI=1S/C11H12OS.3HI.V/c1-8-3-4-11-10(5-8)9(6-12-2)7-13-11;;;;/h3-5,7H,6H2,1-2H3;3*1H;/q;;;;+3/p-3. The summed E-state index contributed by atoms with van der Waals surface area (Å²) in [6.07, 6.45) is 0. The fraction of sp³-hybridized carbons (Fsp3) is 0.273. The van der Waals surface area contributed by atoms with E-state index in [1.807, 2.05) is 0 Å². The molecule has 0 fully saturated rings. The summed E-state index contributed by atoms with van der Waals surface area (Å²) in [5.74, 6) is 0. The van der Waals surface area contributed by atoms with Gasteiger partial charge >= 0.3 is 64.9 Å². The topological polar surface area (TPSA) is 9.23 Å². The fourth-order valence-corrected chi connectivity index (χ4v) is 2.39. The molecule has 0 amide bonds. The molecule has 0 radical (unpaired) electrons. The summed E-state index contributed by atoms with van der Waals surface area (Å²) in [5, 5.41) is 3.51. The summed E-state index contributed by atoms with van der Waals surface area (Å²) in [4.78, 5) is -0.278. The molecule has 0 aliphatic carbocycles. The summed E-state index contributed by atoms with van der Waals surface area (Å²) in [6.45, 7) is 2.83. The van der Waals surface area contributed by atoms with Crippen molar-refractivity contribution >= 4 is 81.4 Å². The zero-order valence-corrected chi connectivity index (χ0v) is 18.1. The predicted molar refractivity (Wildman–Crippen MR) is 99.3 cm³/mol. The van der Waals surface area contributed by atoms with Crippen molar-refractivity contribution in [3.05, 3.63) is 34.7 Å². The van der Waals surface area contributed by atoms with Crippen LogP contribution in [-0.4, -0.2) is 7.11 Å². The first-order chi connectivity index (χ1) is 8.04. The Balaban J connectivity index is 0.000000317. The van der Waals surface area contributed by atoms with E-state index in [1.54, 1.807) is 18.4 Å². The van der Waals surface area contributed by atoms with Crippen molar-refractivity contribution in [2.45, 2.75) is 13.5 Å². The van der Waals surface area contributed by atoms with Crippen LogP contribution < -0.4 is 0 Å². The van der Waals surface area contributed by atoms with Gasteiger partial charge in [0.15, 0.2) is 0 Å². The maximum absolute atomic E-state index is 5.14. The van der Waals surface area contributed by atoms with Gasteiger partial charge in [0, 0.05) is 11.8 Å². The molecule has 0 N–H and O–H groups in total. The average Bonchev–Trinajstić information content (AvgIpc) is 2.61. The molecule has 0 unspecified atom stereocenters. The summed E-state index contributed by atoms with van der Waals surface area (Å²) < 4.78 is 6.49. The molecule has 2 rings (SSSR count). The SMILES string of the molecule is COCc1csc2ccc(C)cc12.[I][V]([I])[I]. The van der Waals surface area contributed by atoms with E-state index < -0.39 is 0 Å². The third kappa shape index (κ3) is 6.26. The van der Waals surface area contributed by atoms with E-state index in [-0.39, 0.29) is 4.92 Å². The summed E-state index contributed by atoms with van der Waals surface area (Å²) >= 11 is 9.17. The van der Waals surface area contributed by atoms with Crippen LogP contribution in [0.15, 0.2) is 23.6 Å². The molecular weight excluding hydrogens is 612 g/mol. The number of hydrogen-bond acceptors (Lipinski definition) is 2. The first-order valence-corrected chi connectivity index (χ1v) is 19.2. The van der Waals surface area contributed by atoms with Crippen LogP contribution in [0.1, 0.15) is 11.1 Å². The number of halogens is 3. The van der Waals surface area contributed by atoms with E-state index in [1.165, 1.54) is 21.2 Å². The average molecular weight is 624 g/mol. The van der Waals surface area contributed by atoms with Gasteiger partial charge in [-0.25, -0.2) is 0 Å². The van der Waals surface area contributed by atoms with E-state index >= 15 is 0 Å². The molecule has 1 heterocycles. The normalized spacial score (nSPS) is 10.5. The number of thiophene rings is 1. The fourth-order valence-electron chi connectivity index (χ4n) is 1.46. The van der Waals surface area contributed by atoms with E-state index in [2.05, 4.69) is 90.4 Å². The number of ether oxygens (including phenoxy) is 1. The predicted octanol–water partition coefficient (Wildman–Crippen LogP) is 6.01. The van der Waals surface area contributed by atoms with Gasteiger partial charge in [-0.2, -0.15) is 0 Å². The van der Waals surface area contributed by atoms with Gasteiger partial charge in [-0.05, 0) is 29.3 Å². The molecule has 0 spiro atoms. The van der Waals surface area contributed by atoms with E-state index in [0.717, 1.165) is 0 Å². The molecule has 0 aliphatic heterocycles. The van der Waals surface area contributed by atoms with Crippen molar-refractivity contribution in [2.75, 3.05) is 7.11 Å². The Kier molecular flexibility index (Phi) is 8.94. The van der Waals surface area contributed by atoms with Gasteiger partial charge < -0.3 is 4.74 Å². The van der Waals surface area contributed by atoms with Crippen LogP contribution in [0, 0.1) is 6.92 Å². The van der Waals surface area contributed by atoms with Gasteiger partial charge in [0.05, 0.1) is 6.61 Å². The number of methoxy groups -OCH3 is 1. The number of benzene rings is 1. The van der Waals surface area contributed by atoms with Gasteiger partial charge in [-0.1, -0.05) is 17.7 Å². The van der Waals surface area contributed by atoms with Crippen LogP contribution in [-0.2, 0) is 16.3 Å². The Morgan fingerprint density at radius 3 is 2.53 bits per heavy atom. The van der Waals surface area contributed by atoms with Crippen molar-refractivity contribution < 1.29 is 9.66 Å². The summed E-state index contributed by atoms with van der Waals surface area (Å²) in [7, 11) is 1.74. The van der Waals surface area contributed by atoms with Crippen LogP contribution in [0.25, 0.3) is 10.1 Å². The summed E-state index contributed by atoms with van der Waals surface area (Å²) in [6, 6.07) is 6.55. The van der Waals surface area contributed by atoms with Crippen LogP contribution >= 0.6 is 71.3 Å². The van der Waals surface area contributed by atoms with Crippen LogP contribution in [0.4, 0.5) is 0 Å². The second kappa shape index (κ2) is 8.96. The Morgan fingerprint density at radius 1 is 1.29 bits per heavy atom. The molecule has 1 aromatic carbocycles. The Morgan fingerprint density at radius 2 is 1.94 bits per heavy atom. The van der Waals surface area contributed by atoms with Gasteiger partial charge in [-0.15, -0.1) is 11.3 Å². The third-order valence-corrected chi connectivity index (χ3v) is 3.12. The quantitative estimate of drug-likeness (QED) is 0.373. The van der Waals surface area contributed by atoms with Crippen LogP contribution in [0.3, 0.4) is 0 Å². The van der Waals surface area contributed by atoms with Gasteiger partial charge in [0.2, 0.25) is 0 Å². The monoisotopic (exact) mass is 624 g/mol. The van der Waals surface area contributed by atoms with Crippen LogP contribution in [0.5, 0.6) is 0 Å². The molecule has 0 saturated carbocycles. The second-order valence-corrected chi connectivity index (χ2v) is 39.7. The van der Waals surface area contributed by atoms with E-state index in [9.17, 15) is 0 Å². The molecule has 6 heteroatoms. The molecule has 2 aromatic rings. The number of rotatable bonds is 2. The first-order valence-electron chi connectivity index (χ1n) is 4.77. The van der Waals surface area contributed by atoms with Crippen molar-refractivity contribution in [1.29, 1.82) is 0 Å². The molecular formula is C11H12I3OSV. The van der Waals surface area contributed by atoms with Crippen molar-refractivity contribution in [2.24, 2.45) is 0 Å². The first kappa shape index (κ1) is 17.0. The minimum atomic E-state index is -0.278. The minimum absolute atomic E-state index is 0.278. The summed E-state index contributed by atoms with van der Waals surface area (Å²) in [5.41, 5.74) is 2.61. The number of fused-ring (bicyclic) bond motifs is 1. The van der Waals surface area contributed by atoms with Gasteiger partial charge in [0.1, 0.15) is 0 Å². The molecule has 0 bridgehead atoms. The number of hydrogen-bond donors (Lipinski definition) is 0. The molecule has 0 atom stereocenters. The third-order valence-electron chi connectivity index (χ3n) is 2.11. The van der Waals surface area contributed by atoms with E-state index in [4.69, 9.17) is 4.74 Å². The van der Waals surface area contributed by atoms with E-state index in [0.29, 0.717) is 6.61 Å². The Hall–Kier alpha value is 1.91. The molecule has 94 valence electrons. The molecule has 1 nitrogen and oxygen atoms in total.